The third-order valence-corrected chi connectivity index (χ3v) is 8.86. The molecule has 8 heteroatoms. The van der Waals surface area contributed by atoms with E-state index in [-0.39, 0.29) is 11.8 Å². The highest BCUT2D eigenvalue weighted by Gasteiger charge is 2.24. The lowest BCUT2D eigenvalue weighted by molar-refractivity contribution is -0.140. The summed E-state index contributed by atoms with van der Waals surface area (Å²) in [5, 5.41) is 23.4. The first kappa shape index (κ1) is 32.3. The maximum Gasteiger partial charge on any atom is 0.321 e. The minimum atomic E-state index is -1.06. The SMILES string of the molecule is CCCCCCCOc1ccc(-c2cnc(-c3ccc(CC(NC(O)c4ccc(C(C)(C)C)s4)C(=O)O)cc3)nc2)cc1. The second-order valence-electron chi connectivity index (χ2n) is 11.9. The molecule has 2 aromatic carbocycles. The van der Waals surface area contributed by atoms with Gasteiger partial charge in [0.25, 0.3) is 0 Å². The number of hydrogen-bond donors (Lipinski definition) is 3. The molecule has 0 aliphatic rings. The molecule has 0 fully saturated rings. The highest BCUT2D eigenvalue weighted by molar-refractivity contribution is 7.12. The van der Waals surface area contributed by atoms with Gasteiger partial charge in [0, 0.05) is 33.3 Å². The third-order valence-electron chi connectivity index (χ3n) is 7.30. The largest absolute Gasteiger partial charge is 0.494 e. The Morgan fingerprint density at radius 3 is 2.14 bits per heavy atom. The summed E-state index contributed by atoms with van der Waals surface area (Å²) in [4.78, 5) is 22.9. The van der Waals surface area contributed by atoms with Crippen molar-refractivity contribution < 1.29 is 19.7 Å². The number of unbranched alkanes of at least 4 members (excludes halogenated alkanes) is 4. The Kier molecular flexibility index (Phi) is 11.4. The van der Waals surface area contributed by atoms with E-state index in [1.807, 2.05) is 60.7 Å². The van der Waals surface area contributed by atoms with Crippen molar-refractivity contribution in [3.8, 4) is 28.3 Å². The van der Waals surface area contributed by atoms with Crippen molar-refractivity contribution in [2.45, 2.75) is 83.9 Å². The van der Waals surface area contributed by atoms with Gasteiger partial charge in [0.05, 0.1) is 6.61 Å². The van der Waals surface area contributed by atoms with Gasteiger partial charge in [-0.2, -0.15) is 0 Å². The molecule has 0 bridgehead atoms. The zero-order valence-electron chi connectivity index (χ0n) is 25.5. The normalized spacial score (nSPS) is 13.0. The molecule has 2 heterocycles. The van der Waals surface area contributed by atoms with Crippen LogP contribution in [0.2, 0.25) is 0 Å². The second-order valence-corrected chi connectivity index (χ2v) is 13.0. The minimum Gasteiger partial charge on any atom is -0.494 e. The number of nitrogens with one attached hydrogen (secondary N) is 1. The maximum atomic E-state index is 12.0. The average Bonchev–Trinajstić information content (AvgIpc) is 3.51. The fraction of sp³-hybridized carbons (Fsp3) is 0.400. The van der Waals surface area contributed by atoms with Gasteiger partial charge in [0.1, 0.15) is 18.0 Å². The monoisotopic (exact) mass is 601 g/mol. The fourth-order valence-electron chi connectivity index (χ4n) is 4.68. The molecular weight excluding hydrogens is 558 g/mol. The number of ether oxygens (including phenoxy) is 1. The predicted octanol–water partition coefficient (Wildman–Crippen LogP) is 7.80. The summed E-state index contributed by atoms with van der Waals surface area (Å²) in [7, 11) is 0. The highest BCUT2D eigenvalue weighted by atomic mass is 32.1. The van der Waals surface area contributed by atoms with Gasteiger partial charge in [-0.1, -0.05) is 89.8 Å². The van der Waals surface area contributed by atoms with Crippen molar-refractivity contribution in [2.24, 2.45) is 0 Å². The van der Waals surface area contributed by atoms with Gasteiger partial charge in [-0.15, -0.1) is 11.3 Å². The molecule has 0 spiro atoms. The zero-order valence-corrected chi connectivity index (χ0v) is 26.4. The molecule has 0 saturated heterocycles. The van der Waals surface area contributed by atoms with E-state index in [1.54, 1.807) is 12.4 Å². The number of carboxylic acid groups (broad SMARTS) is 1. The number of rotatable bonds is 15. The van der Waals surface area contributed by atoms with Crippen LogP contribution in [0.25, 0.3) is 22.5 Å². The Hall–Kier alpha value is -3.59. The number of aliphatic carboxylic acids is 1. The van der Waals surface area contributed by atoms with Gasteiger partial charge in [-0.05, 0) is 53.6 Å². The molecule has 3 N–H and O–H groups in total. The van der Waals surface area contributed by atoms with Crippen LogP contribution >= 0.6 is 11.3 Å². The molecule has 43 heavy (non-hydrogen) atoms. The van der Waals surface area contributed by atoms with Gasteiger partial charge in [0.15, 0.2) is 5.82 Å². The lowest BCUT2D eigenvalue weighted by Gasteiger charge is -2.19. The number of hydrogen-bond acceptors (Lipinski definition) is 7. The standard InChI is InChI=1S/C35H43N3O4S/c1-5-6-7-8-9-20-42-28-16-14-25(15-17-28)27-22-36-32(37-23-27)26-12-10-24(11-13-26)21-29(34(40)41)38-33(39)30-18-19-31(43-30)35(2,3)4/h10-19,22-23,29,33,38-39H,5-9,20-21H2,1-4H3,(H,40,41). The summed E-state index contributed by atoms with van der Waals surface area (Å²) in [5.41, 5.74) is 3.57. The van der Waals surface area contributed by atoms with E-state index in [9.17, 15) is 15.0 Å². The molecule has 4 rings (SSSR count). The van der Waals surface area contributed by atoms with Crippen LogP contribution in [-0.2, 0) is 16.6 Å². The summed E-state index contributed by atoms with van der Waals surface area (Å²) in [6.45, 7) is 9.28. The number of nitrogens with zero attached hydrogens (tertiary/aromatic N) is 2. The molecule has 4 aromatic rings. The third kappa shape index (κ3) is 9.45. The van der Waals surface area contributed by atoms with E-state index < -0.39 is 18.2 Å². The van der Waals surface area contributed by atoms with E-state index in [0.29, 0.717) is 10.7 Å². The van der Waals surface area contributed by atoms with E-state index >= 15 is 0 Å². The van der Waals surface area contributed by atoms with Crippen LogP contribution < -0.4 is 10.1 Å². The predicted molar refractivity (Wildman–Crippen MR) is 173 cm³/mol. The van der Waals surface area contributed by atoms with Crippen LogP contribution in [0.1, 0.15) is 81.3 Å². The van der Waals surface area contributed by atoms with Crippen LogP contribution in [0, 0.1) is 0 Å². The summed E-state index contributed by atoms with van der Waals surface area (Å²) in [5.74, 6) is 0.443. The Labute approximate surface area is 259 Å². The number of carbonyl (C=O) groups is 1. The number of aliphatic hydroxyl groups excluding tert-OH is 1. The Morgan fingerprint density at radius 1 is 0.884 bits per heavy atom. The summed E-state index contributed by atoms with van der Waals surface area (Å²) < 4.78 is 5.87. The summed E-state index contributed by atoms with van der Waals surface area (Å²) >= 11 is 1.49. The van der Waals surface area contributed by atoms with E-state index in [4.69, 9.17) is 4.74 Å². The Balaban J connectivity index is 1.32. The van der Waals surface area contributed by atoms with Gasteiger partial charge in [-0.3, -0.25) is 10.1 Å². The van der Waals surface area contributed by atoms with Gasteiger partial charge < -0.3 is 14.9 Å². The maximum absolute atomic E-state index is 12.0. The van der Waals surface area contributed by atoms with Crippen LogP contribution in [0.15, 0.2) is 73.1 Å². The van der Waals surface area contributed by atoms with E-state index in [2.05, 4.69) is 43.0 Å². The molecule has 0 saturated carbocycles. The average molecular weight is 602 g/mol. The van der Waals surface area contributed by atoms with Gasteiger partial charge in [0.2, 0.25) is 0 Å². The molecule has 2 atom stereocenters. The molecule has 7 nitrogen and oxygen atoms in total. The molecule has 2 unspecified atom stereocenters. The molecule has 0 amide bonds. The van der Waals surface area contributed by atoms with Crippen molar-refractivity contribution in [1.29, 1.82) is 0 Å². The quantitative estimate of drug-likeness (QED) is 0.0943. The van der Waals surface area contributed by atoms with Crippen molar-refractivity contribution >= 4 is 17.3 Å². The van der Waals surface area contributed by atoms with Crippen molar-refractivity contribution in [2.75, 3.05) is 6.61 Å². The van der Waals surface area contributed by atoms with Crippen molar-refractivity contribution in [3.63, 3.8) is 0 Å². The van der Waals surface area contributed by atoms with Gasteiger partial charge in [-0.25, -0.2) is 9.97 Å². The second kappa shape index (κ2) is 15.2. The first-order chi connectivity index (χ1) is 20.6. The zero-order chi connectivity index (χ0) is 30.8. The molecule has 0 radical (unpaired) electrons. The first-order valence-corrected chi connectivity index (χ1v) is 15.9. The van der Waals surface area contributed by atoms with Crippen molar-refractivity contribution in [1.82, 2.24) is 15.3 Å². The summed E-state index contributed by atoms with van der Waals surface area (Å²) in [6, 6.07) is 18.4. The lowest BCUT2D eigenvalue weighted by atomic mass is 9.95. The number of aliphatic hydroxyl groups is 1. The topological polar surface area (TPSA) is 105 Å². The number of benzene rings is 2. The van der Waals surface area contributed by atoms with Crippen LogP contribution in [-0.4, -0.2) is 38.8 Å². The molecule has 2 aromatic heterocycles. The van der Waals surface area contributed by atoms with Crippen LogP contribution in [0.5, 0.6) is 5.75 Å². The number of aromatic nitrogens is 2. The fourth-order valence-corrected chi connectivity index (χ4v) is 5.70. The van der Waals surface area contributed by atoms with Crippen LogP contribution in [0.4, 0.5) is 0 Å². The van der Waals surface area contributed by atoms with Crippen molar-refractivity contribution in [3.05, 3.63) is 88.4 Å². The van der Waals surface area contributed by atoms with Crippen LogP contribution in [0.3, 0.4) is 0 Å². The first-order valence-electron chi connectivity index (χ1n) is 15.1. The Bertz CT molecular complexity index is 1430. The smallest absolute Gasteiger partial charge is 0.321 e. The molecule has 0 aliphatic carbocycles. The van der Waals surface area contributed by atoms with E-state index in [1.165, 1.54) is 37.0 Å². The summed E-state index contributed by atoms with van der Waals surface area (Å²) in [6.07, 6.45) is 8.86. The highest BCUT2D eigenvalue weighted by Crippen LogP contribution is 2.32. The van der Waals surface area contributed by atoms with Gasteiger partial charge >= 0.3 is 5.97 Å². The minimum absolute atomic E-state index is 0.0334. The Morgan fingerprint density at radius 2 is 1.53 bits per heavy atom. The molecule has 0 aliphatic heterocycles. The lowest BCUT2D eigenvalue weighted by Crippen LogP contribution is -2.40. The molecular formula is C35H43N3O4S. The van der Waals surface area contributed by atoms with E-state index in [0.717, 1.165) is 45.9 Å². The number of carboxylic acids is 1. The molecule has 228 valence electrons. The number of thiophene rings is 1.